The average molecular weight is 300 g/mol. The lowest BCUT2D eigenvalue weighted by Crippen LogP contribution is -2.02. The van der Waals surface area contributed by atoms with Gasteiger partial charge in [-0.25, -0.2) is 9.48 Å². The number of aromatic nitrogens is 4. The Morgan fingerprint density at radius 2 is 2.05 bits per heavy atom. The fraction of sp³-hybridized carbons (Fsp3) is 0.143. The Morgan fingerprint density at radius 1 is 1.24 bits per heavy atom. The van der Waals surface area contributed by atoms with Crippen molar-refractivity contribution in [2.75, 3.05) is 0 Å². The van der Waals surface area contributed by atoms with Crippen molar-refractivity contribution in [1.29, 1.82) is 0 Å². The zero-order chi connectivity index (χ0) is 15.0. The molecular formula is C14H12N4O2S. The molecular weight excluding hydrogens is 288 g/mol. The molecule has 106 valence electrons. The molecule has 0 aliphatic carbocycles. The van der Waals surface area contributed by atoms with Gasteiger partial charge in [-0.15, -0.1) is 10.2 Å². The van der Waals surface area contributed by atoms with Crippen LogP contribution in [0, 0.1) is 13.8 Å². The summed E-state index contributed by atoms with van der Waals surface area (Å²) in [5.74, 6) is -1.03. The number of aromatic carboxylic acids is 1. The highest BCUT2D eigenvalue weighted by atomic mass is 32.1. The number of nitrogens with zero attached hydrogens (tertiary/aromatic N) is 4. The van der Waals surface area contributed by atoms with Crippen LogP contribution < -0.4 is 0 Å². The van der Waals surface area contributed by atoms with Crippen molar-refractivity contribution < 1.29 is 9.90 Å². The van der Waals surface area contributed by atoms with E-state index in [1.807, 2.05) is 38.1 Å². The van der Waals surface area contributed by atoms with Gasteiger partial charge in [-0.1, -0.05) is 23.5 Å². The van der Waals surface area contributed by atoms with Crippen LogP contribution in [-0.4, -0.2) is 31.1 Å². The van der Waals surface area contributed by atoms with Crippen LogP contribution in [-0.2, 0) is 0 Å². The maximum atomic E-state index is 11.0. The summed E-state index contributed by atoms with van der Waals surface area (Å²) in [7, 11) is 0. The van der Waals surface area contributed by atoms with E-state index >= 15 is 0 Å². The van der Waals surface area contributed by atoms with E-state index in [4.69, 9.17) is 5.11 Å². The van der Waals surface area contributed by atoms with Gasteiger partial charge in [-0.3, -0.25) is 0 Å². The molecule has 1 N–H and O–H groups in total. The number of aryl methyl sites for hydroxylation is 2. The van der Waals surface area contributed by atoms with Crippen LogP contribution >= 0.6 is 11.3 Å². The second-order valence-corrected chi connectivity index (χ2v) is 5.75. The maximum Gasteiger partial charge on any atom is 0.356 e. The standard InChI is InChI=1S/C14H12N4O2S/c1-8-6-12(14(19)20)17-18(8)11-5-3-4-10(7-11)13-16-15-9(2)21-13/h3-7H,1-2H3,(H,19,20). The summed E-state index contributed by atoms with van der Waals surface area (Å²) in [6, 6.07) is 9.18. The molecule has 0 amide bonds. The molecule has 1 aromatic carbocycles. The lowest BCUT2D eigenvalue weighted by atomic mass is 10.2. The average Bonchev–Trinajstić information content (AvgIpc) is 3.05. The predicted octanol–water partition coefficient (Wildman–Crippen LogP) is 2.71. The highest BCUT2D eigenvalue weighted by Crippen LogP contribution is 2.25. The van der Waals surface area contributed by atoms with Crippen molar-refractivity contribution in [2.45, 2.75) is 13.8 Å². The molecule has 0 unspecified atom stereocenters. The zero-order valence-corrected chi connectivity index (χ0v) is 12.3. The Morgan fingerprint density at radius 3 is 2.67 bits per heavy atom. The first-order chi connectivity index (χ1) is 10.0. The number of carboxylic acid groups (broad SMARTS) is 1. The van der Waals surface area contributed by atoms with Crippen LogP contribution in [0.1, 0.15) is 21.2 Å². The van der Waals surface area contributed by atoms with Crippen molar-refractivity contribution in [2.24, 2.45) is 0 Å². The Hall–Kier alpha value is -2.54. The molecule has 6 nitrogen and oxygen atoms in total. The second-order valence-electron chi connectivity index (χ2n) is 4.56. The van der Waals surface area contributed by atoms with Gasteiger partial charge in [0.05, 0.1) is 5.69 Å². The molecule has 0 spiro atoms. The minimum Gasteiger partial charge on any atom is -0.476 e. The van der Waals surface area contributed by atoms with Crippen LogP contribution in [0.3, 0.4) is 0 Å². The normalized spacial score (nSPS) is 10.8. The van der Waals surface area contributed by atoms with Crippen molar-refractivity contribution in [3.63, 3.8) is 0 Å². The van der Waals surface area contributed by atoms with Gasteiger partial charge in [-0.2, -0.15) is 5.10 Å². The summed E-state index contributed by atoms with van der Waals surface area (Å²) in [4.78, 5) is 11.0. The van der Waals surface area contributed by atoms with E-state index in [2.05, 4.69) is 15.3 Å². The summed E-state index contributed by atoms with van der Waals surface area (Å²) >= 11 is 1.51. The fourth-order valence-electron chi connectivity index (χ4n) is 2.02. The van der Waals surface area contributed by atoms with Crippen LogP contribution in [0.5, 0.6) is 0 Å². The van der Waals surface area contributed by atoms with Gasteiger partial charge in [-0.05, 0) is 32.0 Å². The molecule has 2 aromatic heterocycles. The smallest absolute Gasteiger partial charge is 0.356 e. The molecule has 2 heterocycles. The number of carboxylic acids is 1. The van der Waals surface area contributed by atoms with E-state index in [0.717, 1.165) is 27.0 Å². The number of benzene rings is 1. The van der Waals surface area contributed by atoms with Crippen LogP contribution in [0.15, 0.2) is 30.3 Å². The van der Waals surface area contributed by atoms with E-state index in [1.54, 1.807) is 10.7 Å². The van der Waals surface area contributed by atoms with Crippen molar-refractivity contribution in [3.05, 3.63) is 46.7 Å². The van der Waals surface area contributed by atoms with E-state index in [0.29, 0.717) is 0 Å². The first-order valence-corrected chi connectivity index (χ1v) is 7.07. The first-order valence-electron chi connectivity index (χ1n) is 6.25. The molecule has 3 rings (SSSR count). The Labute approximate surface area is 124 Å². The van der Waals surface area contributed by atoms with Crippen molar-refractivity contribution in [1.82, 2.24) is 20.0 Å². The fourth-order valence-corrected chi connectivity index (χ4v) is 2.71. The Bertz CT molecular complexity index is 822. The number of rotatable bonds is 3. The predicted molar refractivity (Wildman–Crippen MR) is 78.9 cm³/mol. The molecule has 7 heteroatoms. The topological polar surface area (TPSA) is 80.9 Å². The number of hydrogen-bond acceptors (Lipinski definition) is 5. The van der Waals surface area contributed by atoms with E-state index < -0.39 is 5.97 Å². The Balaban J connectivity index is 2.06. The zero-order valence-electron chi connectivity index (χ0n) is 11.4. The highest BCUT2D eigenvalue weighted by molar-refractivity contribution is 7.14. The SMILES string of the molecule is Cc1nnc(-c2cccc(-n3nc(C(=O)O)cc3C)c2)s1. The van der Waals surface area contributed by atoms with Crippen LogP contribution in [0.25, 0.3) is 16.3 Å². The van der Waals surface area contributed by atoms with Crippen LogP contribution in [0.2, 0.25) is 0 Å². The van der Waals surface area contributed by atoms with E-state index in [9.17, 15) is 4.79 Å². The van der Waals surface area contributed by atoms with Gasteiger partial charge in [0.15, 0.2) is 5.69 Å². The third kappa shape index (κ3) is 2.55. The van der Waals surface area contributed by atoms with Gasteiger partial charge in [0.2, 0.25) is 0 Å². The number of carbonyl (C=O) groups is 1. The van der Waals surface area contributed by atoms with Gasteiger partial charge in [0.1, 0.15) is 10.0 Å². The molecule has 3 aromatic rings. The van der Waals surface area contributed by atoms with Gasteiger partial charge < -0.3 is 5.11 Å². The van der Waals surface area contributed by atoms with E-state index in [-0.39, 0.29) is 5.69 Å². The third-order valence-corrected chi connectivity index (χ3v) is 3.86. The maximum absolute atomic E-state index is 11.0. The molecule has 21 heavy (non-hydrogen) atoms. The lowest BCUT2D eigenvalue weighted by molar-refractivity contribution is 0.0690. The quantitative estimate of drug-likeness (QED) is 0.804. The number of hydrogen-bond donors (Lipinski definition) is 1. The summed E-state index contributed by atoms with van der Waals surface area (Å²) < 4.78 is 1.61. The van der Waals surface area contributed by atoms with E-state index in [1.165, 1.54) is 11.3 Å². The molecule has 0 radical (unpaired) electrons. The highest BCUT2D eigenvalue weighted by Gasteiger charge is 2.12. The molecule has 0 atom stereocenters. The van der Waals surface area contributed by atoms with Gasteiger partial charge in [0, 0.05) is 11.3 Å². The molecule has 0 saturated carbocycles. The summed E-state index contributed by atoms with van der Waals surface area (Å²) in [5.41, 5.74) is 2.53. The molecule has 0 bridgehead atoms. The van der Waals surface area contributed by atoms with Crippen molar-refractivity contribution >= 4 is 17.3 Å². The van der Waals surface area contributed by atoms with Gasteiger partial charge in [0.25, 0.3) is 0 Å². The third-order valence-electron chi connectivity index (χ3n) is 2.97. The monoisotopic (exact) mass is 300 g/mol. The molecule has 0 saturated heterocycles. The molecule has 0 aliphatic rings. The van der Waals surface area contributed by atoms with Crippen LogP contribution in [0.4, 0.5) is 0 Å². The minimum absolute atomic E-state index is 0.0321. The second kappa shape index (κ2) is 5.10. The Kier molecular flexibility index (Phi) is 3.26. The minimum atomic E-state index is -1.03. The largest absolute Gasteiger partial charge is 0.476 e. The molecule has 0 aliphatic heterocycles. The molecule has 0 fully saturated rings. The summed E-state index contributed by atoms with van der Waals surface area (Å²) in [5, 5.41) is 23.0. The summed E-state index contributed by atoms with van der Waals surface area (Å²) in [6.07, 6.45) is 0. The lowest BCUT2D eigenvalue weighted by Gasteiger charge is -2.05. The first kappa shape index (κ1) is 13.4. The van der Waals surface area contributed by atoms with Crippen molar-refractivity contribution in [3.8, 4) is 16.3 Å². The van der Waals surface area contributed by atoms with Gasteiger partial charge >= 0.3 is 5.97 Å². The summed E-state index contributed by atoms with van der Waals surface area (Å²) in [6.45, 7) is 3.73.